The molecule has 0 radical (unpaired) electrons. The van der Waals surface area contributed by atoms with Crippen molar-refractivity contribution >= 4 is 31.7 Å². The molecule has 2 aliphatic carbocycles. The summed E-state index contributed by atoms with van der Waals surface area (Å²) in [4.78, 5) is 0. The third-order valence-corrected chi connectivity index (χ3v) is 1.45. The van der Waals surface area contributed by atoms with Crippen LogP contribution in [-0.2, 0) is 23.3 Å². The molecule has 0 nitrogen and oxygen atoms in total. The number of hydrogen-bond donors (Lipinski definition) is 0. The Labute approximate surface area is 149 Å². The van der Waals surface area contributed by atoms with Gasteiger partial charge in [-0.1, -0.05) is 6.92 Å². The normalized spacial score (nSPS) is 11.6. The van der Waals surface area contributed by atoms with Crippen LogP contribution in [0, 0.1) is 26.0 Å². The van der Waals surface area contributed by atoms with Crippen molar-refractivity contribution in [2.75, 3.05) is 0 Å². The van der Waals surface area contributed by atoms with Crippen molar-refractivity contribution in [1.82, 2.24) is 0 Å². The molecule has 0 saturated carbocycles. The van der Waals surface area contributed by atoms with Crippen LogP contribution in [0.1, 0.15) is 33.6 Å². The van der Waals surface area contributed by atoms with Gasteiger partial charge in [0, 0.05) is 0 Å². The molecule has 0 fully saturated rings. The Bertz CT molecular complexity index is 246. The van der Waals surface area contributed by atoms with E-state index in [1.54, 1.807) is 23.3 Å². The van der Waals surface area contributed by atoms with Crippen LogP contribution in [0.15, 0.2) is 36.0 Å². The van der Waals surface area contributed by atoms with Crippen LogP contribution in [0.25, 0.3) is 0 Å². The van der Waals surface area contributed by atoms with Crippen molar-refractivity contribution < 1.29 is 23.3 Å². The minimum atomic E-state index is 0. The van der Waals surface area contributed by atoms with Crippen LogP contribution >= 0.6 is 24.8 Å². The molecule has 0 saturated heterocycles. The molecule has 0 heterocycles. The van der Waals surface area contributed by atoms with Gasteiger partial charge in [0.05, 0.1) is 0 Å². The standard InChI is InChI=1S/C6H7.C5H5.C3H7.CH3.2ClH.H2Si.Zr/c1-6-4-2-3-5-6;1-2-4-5-3-1;1-3-2;;;;;/h2,4H,3H2,1H3;1-3H,4H2;3H,1-2H3;1H3;2*1H;1H2;/q4*-1;;;;. The van der Waals surface area contributed by atoms with Gasteiger partial charge in [0.25, 0.3) is 0 Å². The number of halogens is 2. The Morgan fingerprint density at radius 3 is 1.79 bits per heavy atom. The molecule has 2 aliphatic rings. The Morgan fingerprint density at radius 2 is 1.68 bits per heavy atom. The Hall–Kier alpha value is 0.640. The zero-order valence-electron chi connectivity index (χ0n) is 12.4. The summed E-state index contributed by atoms with van der Waals surface area (Å²) in [6, 6.07) is 0. The van der Waals surface area contributed by atoms with Gasteiger partial charge in [-0.2, -0.15) is 26.0 Å². The number of allylic oxidation sites excluding steroid dienone is 8. The quantitative estimate of drug-likeness (QED) is 0.414. The minimum absolute atomic E-state index is 0. The molecule has 0 aromatic heterocycles. The van der Waals surface area contributed by atoms with Crippen LogP contribution in [0.2, 0.25) is 0 Å². The molecule has 0 bridgehead atoms. The molecule has 19 heavy (non-hydrogen) atoms. The zero-order chi connectivity index (χ0) is 12.6. The molecular weight excluding hydrogens is 370 g/mol. The van der Waals surface area contributed by atoms with E-state index in [0.717, 1.165) is 12.8 Å². The van der Waals surface area contributed by atoms with Crippen molar-refractivity contribution in [2.45, 2.75) is 33.6 Å². The summed E-state index contributed by atoms with van der Waals surface area (Å²) < 4.78 is 0. The molecule has 4 heteroatoms. The van der Waals surface area contributed by atoms with Crippen molar-refractivity contribution in [2.24, 2.45) is 0 Å². The van der Waals surface area contributed by atoms with E-state index in [2.05, 4.69) is 37.3 Å². The van der Waals surface area contributed by atoms with E-state index in [9.17, 15) is 0 Å². The molecule has 2 rings (SSSR count). The summed E-state index contributed by atoms with van der Waals surface area (Å²) >= 11 is 1.58. The van der Waals surface area contributed by atoms with Gasteiger partial charge in [-0.3, -0.25) is 12.2 Å². The maximum atomic E-state index is 3.12. The van der Waals surface area contributed by atoms with Crippen molar-refractivity contribution in [3.05, 3.63) is 62.0 Å². The van der Waals surface area contributed by atoms with E-state index in [4.69, 9.17) is 0 Å². The molecular formula is C15H26Cl2SiZr-4. The van der Waals surface area contributed by atoms with Gasteiger partial charge in [-0.05, 0) is 0 Å². The Balaban J connectivity index is -0.0000000468. The van der Waals surface area contributed by atoms with Crippen LogP contribution in [0.4, 0.5) is 0 Å². The summed E-state index contributed by atoms with van der Waals surface area (Å²) in [5, 5.41) is 0. The fourth-order valence-electron chi connectivity index (χ4n) is 0.855. The third-order valence-electron chi connectivity index (χ3n) is 1.45. The average Bonchev–Trinajstić information content (AvgIpc) is 2.96. The topological polar surface area (TPSA) is 0 Å². The van der Waals surface area contributed by atoms with Gasteiger partial charge in [-0.25, -0.2) is 23.8 Å². The summed E-state index contributed by atoms with van der Waals surface area (Å²) in [6.45, 7) is 8.01. The van der Waals surface area contributed by atoms with Crippen molar-refractivity contribution in [1.29, 1.82) is 0 Å². The van der Waals surface area contributed by atoms with E-state index < -0.39 is 0 Å². The summed E-state index contributed by atoms with van der Waals surface area (Å²) in [7, 11) is 0. The first-order valence-corrected chi connectivity index (χ1v) is 11.3. The number of rotatable bonds is 0. The predicted octanol–water partition coefficient (Wildman–Crippen LogP) is 4.61. The maximum absolute atomic E-state index is 3.12. The Morgan fingerprint density at radius 1 is 1.16 bits per heavy atom. The average molecular weight is 397 g/mol. The molecule has 0 atom stereocenters. The van der Waals surface area contributed by atoms with Crippen LogP contribution in [0.5, 0.6) is 0 Å². The zero-order valence-corrected chi connectivity index (χ0v) is 17.9. The first-order valence-electron chi connectivity index (χ1n) is 5.36. The fourth-order valence-corrected chi connectivity index (χ4v) is 0.855. The second-order valence-electron chi connectivity index (χ2n) is 3.05. The third kappa shape index (κ3) is 32.3. The molecule has 112 valence electrons. The van der Waals surface area contributed by atoms with Crippen molar-refractivity contribution in [3.8, 4) is 0 Å². The van der Waals surface area contributed by atoms with E-state index in [0.29, 0.717) is 0 Å². The molecule has 0 aromatic carbocycles. The first kappa shape index (κ1) is 31.8. The van der Waals surface area contributed by atoms with Gasteiger partial charge in [0.15, 0.2) is 0 Å². The SMILES string of the molecule is CC1=[C-]CC=C1.C[CH-]C.Cl.Cl.[C-]1=CC=CC1.[CH3-].[SiH2]=[Zr]. The van der Waals surface area contributed by atoms with E-state index in [1.807, 2.05) is 39.3 Å². The molecule has 0 spiro atoms. The van der Waals surface area contributed by atoms with E-state index in [1.165, 1.54) is 5.57 Å². The molecule has 0 N–H and O–H groups in total. The summed E-state index contributed by atoms with van der Waals surface area (Å²) in [6.07, 6.45) is 20.3. The van der Waals surface area contributed by atoms with Gasteiger partial charge < -0.3 is 13.8 Å². The molecule has 0 unspecified atom stereocenters. The number of hydrogen-bond acceptors (Lipinski definition) is 0. The Kier molecular flexibility index (Phi) is 52.2. The molecule has 0 aromatic rings. The van der Waals surface area contributed by atoms with Gasteiger partial charge in [-0.15, -0.1) is 37.7 Å². The van der Waals surface area contributed by atoms with E-state index >= 15 is 0 Å². The first-order chi connectivity index (χ1) is 7.81. The second-order valence-corrected chi connectivity index (χ2v) is 3.05. The van der Waals surface area contributed by atoms with Crippen LogP contribution in [-0.4, -0.2) is 6.88 Å². The monoisotopic (exact) mass is 394 g/mol. The van der Waals surface area contributed by atoms with Gasteiger partial charge >= 0.3 is 30.2 Å². The molecule has 0 amide bonds. The van der Waals surface area contributed by atoms with Crippen molar-refractivity contribution in [3.63, 3.8) is 0 Å². The summed E-state index contributed by atoms with van der Waals surface area (Å²) in [5.41, 5.74) is 1.27. The van der Waals surface area contributed by atoms with Gasteiger partial charge in [0.1, 0.15) is 0 Å². The van der Waals surface area contributed by atoms with Gasteiger partial charge in [0.2, 0.25) is 0 Å². The second kappa shape index (κ2) is 31.2. The van der Waals surface area contributed by atoms with Crippen LogP contribution in [0.3, 0.4) is 0 Å². The van der Waals surface area contributed by atoms with E-state index in [-0.39, 0.29) is 32.2 Å². The molecule has 0 aliphatic heterocycles. The predicted molar refractivity (Wildman–Crippen MR) is 92.9 cm³/mol. The summed E-state index contributed by atoms with van der Waals surface area (Å²) in [5.74, 6) is 0. The fraction of sp³-hybridized carbons (Fsp3) is 0.333. The van der Waals surface area contributed by atoms with Crippen LogP contribution < -0.4 is 0 Å².